The number of unbranched alkanes of at least 4 members (excludes halogenated alkanes) is 3. The van der Waals surface area contributed by atoms with Crippen molar-refractivity contribution < 1.29 is 28.7 Å². The summed E-state index contributed by atoms with van der Waals surface area (Å²) >= 11 is 0. The number of fused-ring (bicyclic) bond motifs is 1. The topological polar surface area (TPSA) is 127 Å². The third-order valence-electron chi connectivity index (χ3n) is 6.37. The van der Waals surface area contributed by atoms with Crippen LogP contribution < -0.4 is 20.1 Å². The summed E-state index contributed by atoms with van der Waals surface area (Å²) in [6.07, 6.45) is 7.27. The van der Waals surface area contributed by atoms with Gasteiger partial charge in [0.25, 0.3) is 11.8 Å². The number of imide groups is 1. The molecule has 0 saturated carbocycles. The molecule has 2 N–H and O–H groups in total. The van der Waals surface area contributed by atoms with Crippen molar-refractivity contribution in [1.82, 2.24) is 20.5 Å². The van der Waals surface area contributed by atoms with Crippen molar-refractivity contribution in [2.45, 2.75) is 51.1 Å². The van der Waals surface area contributed by atoms with Gasteiger partial charge in [0.2, 0.25) is 11.8 Å². The average molecular weight is 495 g/mol. The zero-order chi connectivity index (χ0) is 25.5. The van der Waals surface area contributed by atoms with Gasteiger partial charge in [-0.25, -0.2) is 0 Å². The molecule has 1 fully saturated rings. The Balaban J connectivity index is 1.15. The van der Waals surface area contributed by atoms with Crippen LogP contribution in [0.4, 0.5) is 0 Å². The number of carbonyl (C=O) groups is 4. The number of amides is 4. The van der Waals surface area contributed by atoms with Crippen LogP contribution in [0.1, 0.15) is 64.8 Å². The second-order valence-corrected chi connectivity index (χ2v) is 8.81. The van der Waals surface area contributed by atoms with E-state index >= 15 is 0 Å². The van der Waals surface area contributed by atoms with E-state index in [0.717, 1.165) is 31.2 Å². The van der Waals surface area contributed by atoms with Crippen molar-refractivity contribution >= 4 is 23.6 Å². The normalized spacial score (nSPS) is 17.0. The Morgan fingerprint density at radius 1 is 1.17 bits per heavy atom. The number of piperidine rings is 1. The van der Waals surface area contributed by atoms with E-state index in [9.17, 15) is 19.2 Å². The summed E-state index contributed by atoms with van der Waals surface area (Å²) in [6, 6.07) is 6.39. The predicted molar refractivity (Wildman–Crippen MR) is 130 cm³/mol. The van der Waals surface area contributed by atoms with Gasteiger partial charge in [0.1, 0.15) is 17.5 Å². The molecule has 1 aromatic heterocycles. The van der Waals surface area contributed by atoms with Crippen LogP contribution in [0.15, 0.2) is 36.7 Å². The number of benzene rings is 1. The Kier molecular flexibility index (Phi) is 8.14. The molecule has 3 heterocycles. The summed E-state index contributed by atoms with van der Waals surface area (Å²) in [7, 11) is 1.52. The van der Waals surface area contributed by atoms with Crippen LogP contribution in [0.2, 0.25) is 0 Å². The van der Waals surface area contributed by atoms with Crippen LogP contribution >= 0.6 is 0 Å². The van der Waals surface area contributed by atoms with E-state index < -0.39 is 11.9 Å². The van der Waals surface area contributed by atoms with E-state index in [1.165, 1.54) is 18.2 Å². The molecular weight excluding hydrogens is 464 g/mol. The first kappa shape index (κ1) is 25.2. The lowest BCUT2D eigenvalue weighted by Gasteiger charge is -2.29. The lowest BCUT2D eigenvalue weighted by Crippen LogP contribution is -2.52. The van der Waals surface area contributed by atoms with Gasteiger partial charge in [-0.1, -0.05) is 12.8 Å². The first-order valence-corrected chi connectivity index (χ1v) is 12.1. The first-order valence-electron chi connectivity index (χ1n) is 12.1. The van der Waals surface area contributed by atoms with Crippen LogP contribution in [0, 0.1) is 0 Å². The maximum atomic E-state index is 12.8. The minimum Gasteiger partial charge on any atom is -0.496 e. The molecule has 0 bridgehead atoms. The highest BCUT2D eigenvalue weighted by atomic mass is 16.5. The maximum absolute atomic E-state index is 12.8. The third-order valence-corrected chi connectivity index (χ3v) is 6.37. The van der Waals surface area contributed by atoms with Crippen molar-refractivity contribution in [3.63, 3.8) is 0 Å². The number of hydrogen-bond donors (Lipinski definition) is 2. The number of rotatable bonds is 11. The summed E-state index contributed by atoms with van der Waals surface area (Å²) < 4.78 is 11.1. The van der Waals surface area contributed by atoms with E-state index in [0.29, 0.717) is 48.7 Å². The van der Waals surface area contributed by atoms with Crippen molar-refractivity contribution in [3.05, 3.63) is 53.3 Å². The monoisotopic (exact) mass is 494 g/mol. The van der Waals surface area contributed by atoms with Crippen molar-refractivity contribution in [3.8, 4) is 11.5 Å². The molecule has 0 aliphatic carbocycles. The summed E-state index contributed by atoms with van der Waals surface area (Å²) in [5, 5.41) is 5.20. The molecule has 10 heteroatoms. The Hall–Kier alpha value is -3.95. The van der Waals surface area contributed by atoms with Gasteiger partial charge in [-0.3, -0.25) is 29.5 Å². The third kappa shape index (κ3) is 5.81. The lowest BCUT2D eigenvalue weighted by molar-refractivity contribution is -0.136. The Morgan fingerprint density at radius 3 is 2.81 bits per heavy atom. The van der Waals surface area contributed by atoms with Crippen LogP contribution in [0.3, 0.4) is 0 Å². The van der Waals surface area contributed by atoms with E-state index in [-0.39, 0.29) is 24.1 Å². The quantitative estimate of drug-likeness (QED) is 0.362. The van der Waals surface area contributed by atoms with Crippen LogP contribution in [-0.4, -0.2) is 59.8 Å². The molecule has 0 radical (unpaired) electrons. The molecule has 4 amide bonds. The minimum atomic E-state index is -0.622. The summed E-state index contributed by atoms with van der Waals surface area (Å²) in [5.41, 5.74) is 1.81. The van der Waals surface area contributed by atoms with Crippen molar-refractivity contribution in [2.24, 2.45) is 0 Å². The molecule has 0 spiro atoms. The molecule has 1 aromatic carbocycles. The van der Waals surface area contributed by atoms with E-state index in [2.05, 4.69) is 15.6 Å². The zero-order valence-electron chi connectivity index (χ0n) is 20.2. The van der Waals surface area contributed by atoms with Crippen molar-refractivity contribution in [2.75, 3.05) is 20.3 Å². The van der Waals surface area contributed by atoms with Gasteiger partial charge in [-0.2, -0.15) is 0 Å². The van der Waals surface area contributed by atoms with Gasteiger partial charge < -0.3 is 19.7 Å². The highest BCUT2D eigenvalue weighted by Gasteiger charge is 2.39. The molecule has 190 valence electrons. The highest BCUT2D eigenvalue weighted by Crippen LogP contribution is 2.30. The number of hydrogen-bond acceptors (Lipinski definition) is 7. The summed E-state index contributed by atoms with van der Waals surface area (Å²) in [5.74, 6) is 0.0738. The maximum Gasteiger partial charge on any atom is 0.256 e. The number of nitrogens with one attached hydrogen (secondary N) is 2. The molecule has 1 unspecified atom stereocenters. The number of methoxy groups -OCH3 is 1. The van der Waals surface area contributed by atoms with Gasteiger partial charge >= 0.3 is 0 Å². The van der Waals surface area contributed by atoms with Gasteiger partial charge in [-0.15, -0.1) is 0 Å². The molecule has 36 heavy (non-hydrogen) atoms. The Bertz CT molecular complexity index is 1150. The van der Waals surface area contributed by atoms with Gasteiger partial charge in [-0.05, 0) is 49.1 Å². The number of nitrogens with zero attached hydrogens (tertiary/aromatic N) is 2. The fourth-order valence-corrected chi connectivity index (χ4v) is 4.44. The minimum absolute atomic E-state index is 0.194. The molecule has 2 aliphatic rings. The first-order chi connectivity index (χ1) is 17.5. The molecule has 4 rings (SSSR count). The van der Waals surface area contributed by atoms with Crippen molar-refractivity contribution in [1.29, 1.82) is 0 Å². The largest absolute Gasteiger partial charge is 0.496 e. The van der Waals surface area contributed by atoms with E-state index in [1.54, 1.807) is 24.4 Å². The molecule has 1 saturated heterocycles. The highest BCUT2D eigenvalue weighted by molar-refractivity contribution is 6.05. The predicted octanol–water partition coefficient (Wildman–Crippen LogP) is 2.22. The van der Waals surface area contributed by atoms with Crippen LogP contribution in [0.5, 0.6) is 11.5 Å². The second-order valence-electron chi connectivity index (χ2n) is 8.81. The zero-order valence-corrected chi connectivity index (χ0v) is 20.2. The van der Waals surface area contributed by atoms with Gasteiger partial charge in [0.15, 0.2) is 0 Å². The number of ether oxygens (including phenoxy) is 2. The fourth-order valence-electron chi connectivity index (χ4n) is 4.44. The van der Waals surface area contributed by atoms with Gasteiger partial charge in [0, 0.05) is 37.5 Å². The van der Waals surface area contributed by atoms with Crippen LogP contribution in [0.25, 0.3) is 0 Å². The molecule has 1 atom stereocenters. The summed E-state index contributed by atoms with van der Waals surface area (Å²) in [4.78, 5) is 54.1. The number of carbonyl (C=O) groups excluding carboxylic acids is 4. The fraction of sp³-hybridized carbons (Fsp3) is 0.423. The lowest BCUT2D eigenvalue weighted by atomic mass is 10.0. The summed E-state index contributed by atoms with van der Waals surface area (Å²) in [6.45, 7) is 1.44. The SMILES string of the molecule is COc1ccncc1C(=O)NCCCCCCOc1ccc2c(c1)CN(C1CCC(=O)NC1=O)C2=O. The van der Waals surface area contributed by atoms with E-state index in [4.69, 9.17) is 9.47 Å². The van der Waals surface area contributed by atoms with Crippen LogP contribution in [-0.2, 0) is 16.1 Å². The Morgan fingerprint density at radius 2 is 2.00 bits per heavy atom. The molecule has 2 aliphatic heterocycles. The number of aromatic nitrogens is 1. The number of pyridine rings is 1. The van der Waals surface area contributed by atoms with Gasteiger partial charge in [0.05, 0.1) is 19.3 Å². The molecular formula is C26H30N4O6. The van der Waals surface area contributed by atoms with E-state index in [1.807, 2.05) is 6.07 Å². The standard InChI is InChI=1S/C26H30N4O6/c1-35-22-10-12-27-15-20(22)24(32)28-11-4-2-3-5-13-36-18-6-7-19-17(14-18)16-30(26(19)34)21-8-9-23(31)29-25(21)33/h6-7,10,12,14-15,21H,2-5,8-9,11,13,16H2,1H3,(H,28,32)(H,29,31,33). The second kappa shape index (κ2) is 11.7. The molecule has 10 nitrogen and oxygen atoms in total. The Labute approximate surface area is 209 Å². The smallest absolute Gasteiger partial charge is 0.256 e. The molecule has 2 aromatic rings. The average Bonchev–Trinajstić information content (AvgIpc) is 3.20.